The summed E-state index contributed by atoms with van der Waals surface area (Å²) in [7, 11) is 1.62. The summed E-state index contributed by atoms with van der Waals surface area (Å²) in [4.78, 5) is 97.3. The Kier molecular flexibility index (Phi) is 10.9. The van der Waals surface area contributed by atoms with Crippen LogP contribution in [-0.4, -0.2) is 105 Å². The molecule has 2 aliphatic rings. The summed E-state index contributed by atoms with van der Waals surface area (Å²) in [6.07, 6.45) is 0.916. The predicted octanol–water partition coefficient (Wildman–Crippen LogP) is -0.352. The van der Waals surface area contributed by atoms with Gasteiger partial charge in [0, 0.05) is 39.3 Å². The van der Waals surface area contributed by atoms with E-state index in [9.17, 15) is 38.7 Å². The van der Waals surface area contributed by atoms with Crippen molar-refractivity contribution in [3.05, 3.63) is 40.9 Å². The molecule has 0 saturated carbocycles. The van der Waals surface area contributed by atoms with Crippen molar-refractivity contribution in [3.8, 4) is 17.2 Å². The van der Waals surface area contributed by atoms with E-state index in [1.165, 1.54) is 28.2 Å². The first kappa shape index (κ1) is 37.0. The summed E-state index contributed by atoms with van der Waals surface area (Å²) in [6, 6.07) is 0.211. The number of aromatic nitrogens is 5. The number of carbonyl (C=O) groups is 7. The number of aryl methyl sites for hydroxylation is 1. The lowest BCUT2D eigenvalue weighted by atomic mass is 10.0. The van der Waals surface area contributed by atoms with Gasteiger partial charge < -0.3 is 39.6 Å². The molecule has 22 nitrogen and oxygen atoms in total. The molecule has 52 heavy (non-hydrogen) atoms. The Hall–Kier alpha value is -6.30. The average Bonchev–Trinajstić information content (AvgIpc) is 3.69. The van der Waals surface area contributed by atoms with Crippen LogP contribution < -0.4 is 25.3 Å². The maximum atomic E-state index is 13.5. The van der Waals surface area contributed by atoms with Crippen molar-refractivity contribution in [3.63, 3.8) is 0 Å². The lowest BCUT2D eigenvalue weighted by Crippen LogP contribution is -2.71. The van der Waals surface area contributed by atoms with Gasteiger partial charge in [-0.2, -0.15) is 4.98 Å². The number of benzene rings is 1. The number of esters is 3. The number of nitrogen functional groups attached to an aromatic ring is 1. The van der Waals surface area contributed by atoms with E-state index in [1.807, 2.05) is 0 Å². The molecule has 0 spiro atoms. The Balaban J connectivity index is 1.38. The minimum Gasteiger partial charge on any atom is -0.477 e. The largest absolute Gasteiger partial charge is 0.477 e. The number of nitrogens with zero attached hydrogens (tertiary/aromatic N) is 7. The number of oxime groups is 1. The van der Waals surface area contributed by atoms with E-state index < -0.39 is 87.6 Å². The van der Waals surface area contributed by atoms with Crippen molar-refractivity contribution in [2.45, 2.75) is 37.3 Å². The quantitative estimate of drug-likeness (QED) is 0.0404. The summed E-state index contributed by atoms with van der Waals surface area (Å²) >= 11 is 2.37. The number of carbonyl (C=O) groups excluding carboxylic acids is 6. The van der Waals surface area contributed by atoms with E-state index in [0.29, 0.717) is 10.7 Å². The number of oxazole rings is 1. The zero-order valence-corrected chi connectivity index (χ0v) is 28.8. The molecule has 0 aliphatic carbocycles. The first-order valence-electron chi connectivity index (χ1n) is 14.4. The van der Waals surface area contributed by atoms with Gasteiger partial charge in [-0.3, -0.25) is 28.9 Å². The molecule has 2 amide bonds. The third kappa shape index (κ3) is 8.02. The molecule has 4 heterocycles. The van der Waals surface area contributed by atoms with Crippen LogP contribution in [0.1, 0.15) is 36.8 Å². The predicted molar refractivity (Wildman–Crippen MR) is 172 cm³/mol. The number of ether oxygens (including phenoxy) is 3. The smallest absolute Gasteiger partial charge is 0.366 e. The maximum absolute atomic E-state index is 13.5. The molecule has 5 rings (SSSR count). The van der Waals surface area contributed by atoms with Crippen LogP contribution in [-0.2, 0) is 40.7 Å². The van der Waals surface area contributed by atoms with E-state index in [2.05, 4.69) is 31.0 Å². The normalized spacial score (nSPS) is 16.7. The number of hydrogen-bond donors (Lipinski definition) is 3. The van der Waals surface area contributed by atoms with E-state index in [1.54, 1.807) is 7.05 Å². The highest BCUT2D eigenvalue weighted by Gasteiger charge is 2.54. The molecule has 0 unspecified atom stereocenters. The molecule has 2 aromatic heterocycles. The Bertz CT molecular complexity index is 2040. The lowest BCUT2D eigenvalue weighted by Gasteiger charge is -2.49. The van der Waals surface area contributed by atoms with Crippen LogP contribution in [0.5, 0.6) is 17.2 Å². The molecular weight excluding hydrogens is 734 g/mol. The van der Waals surface area contributed by atoms with Crippen LogP contribution in [0.2, 0.25) is 0 Å². The molecule has 0 radical (unpaired) electrons. The number of tetrazole rings is 1. The second-order valence-corrected chi connectivity index (χ2v) is 12.5. The van der Waals surface area contributed by atoms with Crippen molar-refractivity contribution >= 4 is 76.9 Å². The Morgan fingerprint density at radius 3 is 2.29 bits per heavy atom. The van der Waals surface area contributed by atoms with Gasteiger partial charge in [0.2, 0.25) is 10.9 Å². The summed E-state index contributed by atoms with van der Waals surface area (Å²) in [6.45, 7) is 3.05. The van der Waals surface area contributed by atoms with Crippen LogP contribution in [0.3, 0.4) is 0 Å². The van der Waals surface area contributed by atoms with Gasteiger partial charge in [-0.15, -0.1) is 16.9 Å². The number of nitrogens with two attached hydrogens (primary N) is 1. The third-order valence-electron chi connectivity index (χ3n) is 6.70. The topological polar surface area (TPSA) is 300 Å². The molecular formula is C28H25N9O13S2. The summed E-state index contributed by atoms with van der Waals surface area (Å²) in [5.74, 6) is -8.29. The van der Waals surface area contributed by atoms with E-state index >= 15 is 0 Å². The van der Waals surface area contributed by atoms with Crippen molar-refractivity contribution in [2.75, 3.05) is 17.2 Å². The molecule has 1 fully saturated rings. The van der Waals surface area contributed by atoms with Crippen molar-refractivity contribution in [1.29, 1.82) is 0 Å². The molecule has 3 aromatic rings. The summed E-state index contributed by atoms with van der Waals surface area (Å²) < 4.78 is 21.5. The van der Waals surface area contributed by atoms with Crippen molar-refractivity contribution < 1.29 is 62.1 Å². The maximum Gasteiger partial charge on any atom is 0.366 e. The highest BCUT2D eigenvalue weighted by atomic mass is 32.2. The van der Waals surface area contributed by atoms with Crippen LogP contribution in [0.15, 0.2) is 44.4 Å². The Labute approximate surface area is 299 Å². The number of hydrogen-bond acceptors (Lipinski definition) is 20. The lowest BCUT2D eigenvalue weighted by molar-refractivity contribution is -0.150. The van der Waals surface area contributed by atoms with E-state index in [-0.39, 0.29) is 22.9 Å². The minimum atomic E-state index is -1.35. The van der Waals surface area contributed by atoms with Crippen LogP contribution in [0, 0.1) is 0 Å². The number of β-lactam (4-membered cyclic amide) rings is 1. The SMILES string of the molecule is CC(=O)Oc1cc(C(=O)ON=C(C(=O)N[C@@H]2C(=O)N3C(C(=O)O)=C(CSc4nnnn4C)CS[C@@H]23)c2coc(N)n2)cc(OC(C)=O)c1OC(C)=O. The molecule has 24 heteroatoms. The molecule has 2 aliphatic heterocycles. The summed E-state index contributed by atoms with van der Waals surface area (Å²) in [5.41, 5.74) is 4.29. The second kappa shape index (κ2) is 15.3. The number of carboxylic acids is 1. The average molecular weight is 760 g/mol. The van der Waals surface area contributed by atoms with Gasteiger partial charge >= 0.3 is 29.8 Å². The van der Waals surface area contributed by atoms with Crippen molar-refractivity contribution in [2.24, 2.45) is 12.2 Å². The van der Waals surface area contributed by atoms with Crippen LogP contribution in [0.4, 0.5) is 6.01 Å². The fourth-order valence-corrected chi connectivity index (χ4v) is 6.97. The van der Waals surface area contributed by atoms with Gasteiger partial charge in [-0.05, 0) is 28.1 Å². The fraction of sp³-hybridized carbons (Fsp3) is 0.286. The number of carboxylic acid groups (broad SMARTS) is 1. The van der Waals surface area contributed by atoms with Crippen molar-refractivity contribution in [1.82, 2.24) is 35.4 Å². The standard InChI is InChI=1S/C28H25N9O13S2/c1-10(38)47-16-5-13(6-17(48-11(2)39)21(16)49-12(3)40)26(45)50-33-18(15-7-46-27(29)30-15)22(41)31-19-23(42)37-20(25(43)44)14(8-51-24(19)37)9-52-28-32-34-35-36(28)4/h5-7,19,24H,8-9H2,1-4H3,(H2,29,30)(H,31,41)(H,43,44)/t19-,24+/m1/s1. The number of thioether (sulfide) groups is 2. The number of anilines is 1. The minimum absolute atomic E-state index is 0.170. The molecule has 1 saturated heterocycles. The molecule has 1 aromatic carbocycles. The van der Waals surface area contributed by atoms with Crippen LogP contribution >= 0.6 is 23.5 Å². The van der Waals surface area contributed by atoms with Gasteiger partial charge in [0.1, 0.15) is 29.1 Å². The number of fused-ring (bicyclic) bond motifs is 1. The molecule has 0 bridgehead atoms. The second-order valence-electron chi connectivity index (χ2n) is 10.5. The van der Waals surface area contributed by atoms with Gasteiger partial charge in [0.25, 0.3) is 17.8 Å². The zero-order chi connectivity index (χ0) is 37.9. The van der Waals surface area contributed by atoms with Gasteiger partial charge in [0.15, 0.2) is 17.2 Å². The number of nitrogens with one attached hydrogen (secondary N) is 1. The Morgan fingerprint density at radius 2 is 1.75 bits per heavy atom. The number of aliphatic carboxylic acids is 1. The highest BCUT2D eigenvalue weighted by Crippen LogP contribution is 2.42. The molecule has 2 atom stereocenters. The summed E-state index contributed by atoms with van der Waals surface area (Å²) in [5, 5.41) is 26.8. The monoisotopic (exact) mass is 759 g/mol. The Morgan fingerprint density at radius 1 is 1.10 bits per heavy atom. The first-order chi connectivity index (χ1) is 24.6. The number of rotatable bonds is 12. The molecule has 272 valence electrons. The van der Waals surface area contributed by atoms with Crippen LogP contribution in [0.25, 0.3) is 0 Å². The highest BCUT2D eigenvalue weighted by molar-refractivity contribution is 8.01. The van der Waals surface area contributed by atoms with Gasteiger partial charge in [-0.1, -0.05) is 16.9 Å². The first-order valence-corrected chi connectivity index (χ1v) is 16.5. The van der Waals surface area contributed by atoms with Gasteiger partial charge in [-0.25, -0.2) is 14.3 Å². The van der Waals surface area contributed by atoms with E-state index in [4.69, 9.17) is 29.2 Å². The molecule has 4 N–H and O–H groups in total. The van der Waals surface area contributed by atoms with E-state index in [0.717, 1.165) is 44.1 Å². The zero-order valence-electron chi connectivity index (χ0n) is 27.2. The fourth-order valence-electron chi connectivity index (χ4n) is 4.64. The third-order valence-corrected chi connectivity index (χ3v) is 9.14. The van der Waals surface area contributed by atoms with Gasteiger partial charge in [0.05, 0.1) is 5.56 Å². The number of amides is 2.